The molecule has 0 aromatic rings. The fourth-order valence-corrected chi connectivity index (χ4v) is 8.85. The number of hydrogen-bond donors (Lipinski definition) is 6. The third kappa shape index (κ3) is 32.5. The topological polar surface area (TPSA) is 192 Å². The highest BCUT2D eigenvalue weighted by atomic mass is 32.3. The Morgan fingerprint density at radius 2 is 1.02 bits per heavy atom. The van der Waals surface area contributed by atoms with Crippen molar-refractivity contribution in [2.75, 3.05) is 13.2 Å². The molecule has 12 nitrogen and oxygen atoms in total. The zero-order chi connectivity index (χ0) is 45.5. The predicted octanol–water partition coefficient (Wildman–Crippen LogP) is 10.7. The summed E-state index contributed by atoms with van der Waals surface area (Å²) in [5.41, 5.74) is 0. The lowest BCUT2D eigenvalue weighted by atomic mass is 9.99. The molecule has 1 aliphatic rings. The normalized spacial score (nSPS) is 20.5. The highest BCUT2D eigenvalue weighted by Gasteiger charge is 2.48. The summed E-state index contributed by atoms with van der Waals surface area (Å²) in [6, 6.07) is -0.938. The summed E-state index contributed by atoms with van der Waals surface area (Å²) < 4.78 is 47.6. The smallest absolute Gasteiger partial charge is 0.394 e. The molecule has 1 rings (SSSR count). The van der Waals surface area contributed by atoms with E-state index in [1.807, 2.05) is 6.08 Å². The molecule has 0 bridgehead atoms. The van der Waals surface area contributed by atoms with Crippen LogP contribution in [0, 0.1) is 0 Å². The number of hydrogen-bond acceptors (Lipinski definition) is 10. The Morgan fingerprint density at radius 1 is 0.629 bits per heavy atom. The molecular formula is C49H95NO11S. The van der Waals surface area contributed by atoms with E-state index in [1.54, 1.807) is 6.08 Å². The van der Waals surface area contributed by atoms with Crippen molar-refractivity contribution in [2.24, 2.45) is 0 Å². The van der Waals surface area contributed by atoms with Gasteiger partial charge in [0.2, 0.25) is 5.91 Å². The average molecular weight is 906 g/mol. The number of nitrogens with one attached hydrogen (secondary N) is 1. The summed E-state index contributed by atoms with van der Waals surface area (Å²) in [7, 11) is -5.08. The van der Waals surface area contributed by atoms with E-state index in [2.05, 4.69) is 23.3 Å². The van der Waals surface area contributed by atoms with Crippen molar-refractivity contribution in [3.05, 3.63) is 12.2 Å². The lowest BCUT2D eigenvalue weighted by Gasteiger charge is -2.41. The molecule has 1 saturated heterocycles. The van der Waals surface area contributed by atoms with E-state index >= 15 is 0 Å². The molecule has 1 amide bonds. The molecule has 6 N–H and O–H groups in total. The molecule has 7 atom stereocenters. The first-order valence-corrected chi connectivity index (χ1v) is 26.9. The monoisotopic (exact) mass is 906 g/mol. The van der Waals surface area contributed by atoms with Crippen LogP contribution < -0.4 is 5.32 Å². The van der Waals surface area contributed by atoms with Crippen molar-refractivity contribution in [1.82, 2.24) is 5.32 Å². The van der Waals surface area contributed by atoms with Crippen LogP contribution >= 0.6 is 0 Å². The Hall–Kier alpha value is -1.16. The zero-order valence-corrected chi connectivity index (χ0v) is 40.3. The first-order chi connectivity index (χ1) is 30.0. The maximum atomic E-state index is 13.1. The zero-order valence-electron chi connectivity index (χ0n) is 39.5. The van der Waals surface area contributed by atoms with Gasteiger partial charge in [-0.1, -0.05) is 225 Å². The van der Waals surface area contributed by atoms with Crippen LogP contribution in [0.15, 0.2) is 12.2 Å². The van der Waals surface area contributed by atoms with Gasteiger partial charge in [-0.3, -0.25) is 9.35 Å². The number of carbonyl (C=O) groups excluding carboxylic acids is 1. The van der Waals surface area contributed by atoms with Crippen molar-refractivity contribution in [1.29, 1.82) is 0 Å². The molecule has 0 spiro atoms. The standard InChI is InChI=1S/C49H95NO11S/c1-3-5-7-9-11-13-15-17-18-19-20-21-22-23-24-25-27-29-31-33-35-37-39-45(53)50-42(43(52)38-36-34-32-30-28-26-16-14-12-10-8-6-4-2)41-59-49-47(55)48(61-62(56,57)58)46(54)44(40-51)60-49/h36,38,42-44,46-49,51-52,54-55H,3-35,37,39-41H2,1-2H3,(H,50,53)(H,56,57,58)/b38-36+. The Bertz CT molecular complexity index is 1160. The van der Waals surface area contributed by atoms with Crippen LogP contribution in [0.2, 0.25) is 0 Å². The highest BCUT2D eigenvalue weighted by Crippen LogP contribution is 2.26. The lowest BCUT2D eigenvalue weighted by molar-refractivity contribution is -0.298. The first-order valence-electron chi connectivity index (χ1n) is 25.6. The molecule has 368 valence electrons. The van der Waals surface area contributed by atoms with Crippen molar-refractivity contribution in [2.45, 2.75) is 281 Å². The molecule has 0 aromatic heterocycles. The van der Waals surface area contributed by atoms with Crippen LogP contribution in [0.25, 0.3) is 0 Å². The highest BCUT2D eigenvalue weighted by molar-refractivity contribution is 7.80. The SMILES string of the molecule is CCCCCCCCCCCCC/C=C/C(O)C(COC1OC(CO)C(O)C(OS(=O)(=O)O)C1O)NC(=O)CCCCCCCCCCCCCCCCCCCCCCCC. The Morgan fingerprint density at radius 3 is 1.40 bits per heavy atom. The van der Waals surface area contributed by atoms with Crippen molar-refractivity contribution >= 4 is 16.3 Å². The van der Waals surface area contributed by atoms with Crippen molar-refractivity contribution < 1.29 is 51.8 Å². The second-order valence-corrected chi connectivity index (χ2v) is 19.2. The van der Waals surface area contributed by atoms with Gasteiger partial charge in [0.25, 0.3) is 0 Å². The number of ether oxygens (including phenoxy) is 2. The Kier molecular flexibility index (Phi) is 38.1. The molecule has 0 radical (unpaired) electrons. The van der Waals surface area contributed by atoms with Gasteiger partial charge in [-0.05, 0) is 19.3 Å². The third-order valence-electron chi connectivity index (χ3n) is 12.3. The van der Waals surface area contributed by atoms with Crippen molar-refractivity contribution in [3.8, 4) is 0 Å². The number of rotatable bonds is 44. The first kappa shape index (κ1) is 58.9. The quantitative estimate of drug-likeness (QED) is 0.0194. The summed E-state index contributed by atoms with van der Waals surface area (Å²) in [5.74, 6) is -0.258. The largest absolute Gasteiger partial charge is 0.397 e. The molecular weight excluding hydrogens is 811 g/mol. The van der Waals surface area contributed by atoms with Gasteiger partial charge in [0, 0.05) is 6.42 Å². The van der Waals surface area contributed by atoms with Gasteiger partial charge in [-0.25, -0.2) is 4.18 Å². The molecule has 62 heavy (non-hydrogen) atoms. The van der Waals surface area contributed by atoms with E-state index < -0.39 is 59.9 Å². The maximum Gasteiger partial charge on any atom is 0.397 e. The second kappa shape index (κ2) is 40.1. The average Bonchev–Trinajstić information content (AvgIpc) is 3.24. The van der Waals surface area contributed by atoms with E-state index in [4.69, 9.17) is 9.47 Å². The van der Waals surface area contributed by atoms with Gasteiger partial charge in [0.05, 0.1) is 25.4 Å². The van der Waals surface area contributed by atoms with Gasteiger partial charge < -0.3 is 35.2 Å². The minimum atomic E-state index is -5.08. The van der Waals surface area contributed by atoms with E-state index in [1.165, 1.54) is 173 Å². The molecule has 1 heterocycles. The lowest BCUT2D eigenvalue weighted by Crippen LogP contribution is -2.61. The molecule has 1 aliphatic heterocycles. The van der Waals surface area contributed by atoms with Crippen LogP contribution in [0.1, 0.15) is 239 Å². The van der Waals surface area contributed by atoms with Crippen molar-refractivity contribution in [3.63, 3.8) is 0 Å². The van der Waals surface area contributed by atoms with Gasteiger partial charge in [0.15, 0.2) is 6.29 Å². The summed E-state index contributed by atoms with van der Waals surface area (Å²) in [6.07, 6.45) is 36.8. The van der Waals surface area contributed by atoms with Crippen LogP contribution in [0.5, 0.6) is 0 Å². The van der Waals surface area contributed by atoms with E-state index in [9.17, 15) is 38.2 Å². The van der Waals surface area contributed by atoms with Gasteiger partial charge in [0.1, 0.15) is 24.4 Å². The molecule has 0 aromatic carbocycles. The Balaban J connectivity index is 2.40. The maximum absolute atomic E-state index is 13.1. The van der Waals surface area contributed by atoms with E-state index in [0.717, 1.165) is 38.5 Å². The minimum absolute atomic E-state index is 0.258. The summed E-state index contributed by atoms with van der Waals surface area (Å²) in [5, 5.41) is 44.8. The second-order valence-electron chi connectivity index (χ2n) is 18.1. The summed E-state index contributed by atoms with van der Waals surface area (Å²) in [6.45, 7) is 3.40. The van der Waals surface area contributed by atoms with Gasteiger partial charge in [-0.15, -0.1) is 0 Å². The minimum Gasteiger partial charge on any atom is -0.394 e. The number of aliphatic hydroxyl groups is 4. The summed E-state index contributed by atoms with van der Waals surface area (Å²) >= 11 is 0. The van der Waals surface area contributed by atoms with E-state index in [0.29, 0.717) is 6.42 Å². The van der Waals surface area contributed by atoms with Crippen LogP contribution in [0.3, 0.4) is 0 Å². The van der Waals surface area contributed by atoms with Gasteiger partial charge >= 0.3 is 10.4 Å². The number of amides is 1. The fraction of sp³-hybridized carbons (Fsp3) is 0.939. The van der Waals surface area contributed by atoms with Gasteiger partial charge in [-0.2, -0.15) is 8.42 Å². The predicted molar refractivity (Wildman–Crippen MR) is 250 cm³/mol. The van der Waals surface area contributed by atoms with Crippen LogP contribution in [0.4, 0.5) is 0 Å². The van der Waals surface area contributed by atoms with E-state index in [-0.39, 0.29) is 18.9 Å². The molecule has 13 heteroatoms. The number of unbranched alkanes of at least 4 members (excludes halogenated alkanes) is 32. The number of carbonyl (C=O) groups is 1. The molecule has 1 fully saturated rings. The molecule has 0 saturated carbocycles. The summed E-state index contributed by atoms with van der Waals surface area (Å²) in [4.78, 5) is 13.1. The van der Waals surface area contributed by atoms with Crippen LogP contribution in [-0.2, 0) is 28.9 Å². The number of allylic oxidation sites excluding steroid dienone is 1. The van der Waals surface area contributed by atoms with Crippen LogP contribution in [-0.4, -0.2) is 95.4 Å². The molecule has 7 unspecified atom stereocenters. The number of aliphatic hydroxyl groups excluding tert-OH is 4. The third-order valence-corrected chi connectivity index (χ3v) is 12.8. The fourth-order valence-electron chi connectivity index (χ4n) is 8.34. The molecule has 0 aliphatic carbocycles. The Labute approximate surface area is 379 Å².